The maximum atomic E-state index is 13.0. The molecule has 0 amide bonds. The van der Waals surface area contributed by atoms with Crippen molar-refractivity contribution in [3.05, 3.63) is 54.1 Å². The topological polar surface area (TPSA) is 34.1 Å². The Morgan fingerprint density at radius 2 is 1.85 bits per heavy atom. The van der Waals surface area contributed by atoms with E-state index in [4.69, 9.17) is 0 Å². The Balaban J connectivity index is 2.47. The molecule has 0 aromatic heterocycles. The van der Waals surface area contributed by atoms with E-state index in [1.807, 2.05) is 26.0 Å². The monoisotopic (exact) mass is 290 g/mol. The number of hydrogen-bond acceptors (Lipinski definition) is 2. The van der Waals surface area contributed by atoms with Crippen LogP contribution in [0.5, 0.6) is 0 Å². The fourth-order valence-electron chi connectivity index (χ4n) is 2.95. The fourth-order valence-corrected chi connectivity index (χ4v) is 4.84. The predicted molar refractivity (Wildman–Crippen MR) is 83.4 cm³/mol. The van der Waals surface area contributed by atoms with Gasteiger partial charge in [0.2, 0.25) is 0 Å². The zero-order chi connectivity index (χ0) is 15.1. The van der Waals surface area contributed by atoms with Crippen LogP contribution in [0.25, 0.3) is 0 Å². The van der Waals surface area contributed by atoms with Gasteiger partial charge in [0.15, 0.2) is 9.84 Å². The number of hydrogen-bond donors (Lipinski definition) is 0. The first kappa shape index (κ1) is 15.0. The average Bonchev–Trinajstić information content (AvgIpc) is 2.68. The van der Waals surface area contributed by atoms with Crippen LogP contribution in [0.1, 0.15) is 32.3 Å². The van der Waals surface area contributed by atoms with Gasteiger partial charge in [-0.2, -0.15) is 0 Å². The van der Waals surface area contributed by atoms with E-state index >= 15 is 0 Å². The Hall–Kier alpha value is -1.35. The summed E-state index contributed by atoms with van der Waals surface area (Å²) in [4.78, 5) is 0.383. The molecule has 0 radical (unpaired) electrons. The summed E-state index contributed by atoms with van der Waals surface area (Å²) < 4.78 is 25.0. The number of aryl methyl sites for hydroxylation is 1. The van der Waals surface area contributed by atoms with Crippen LogP contribution < -0.4 is 0 Å². The Kier molecular flexibility index (Phi) is 3.67. The van der Waals surface area contributed by atoms with Crippen LogP contribution in [0.2, 0.25) is 0 Å². The van der Waals surface area contributed by atoms with Crippen LogP contribution >= 0.6 is 0 Å². The van der Waals surface area contributed by atoms with Gasteiger partial charge in [0.05, 0.1) is 9.64 Å². The number of sulfone groups is 1. The van der Waals surface area contributed by atoms with Crippen molar-refractivity contribution < 1.29 is 8.42 Å². The molecule has 1 aliphatic rings. The minimum absolute atomic E-state index is 0.111. The Bertz CT molecular complexity index is 653. The molecule has 0 aliphatic heterocycles. The third kappa shape index (κ3) is 2.14. The lowest BCUT2D eigenvalue weighted by atomic mass is 9.94. The molecule has 0 bridgehead atoms. The standard InChI is InChI=1S/C17H22O2S/c1-12(2)16-10-11-17(5,14(16)4)20(18,19)15-8-6-13(3)7-9-15/h6-9,16H,1,4,10-11H2,2-3,5H3. The zero-order valence-electron chi connectivity index (χ0n) is 12.4. The highest BCUT2D eigenvalue weighted by Gasteiger charge is 2.49. The smallest absolute Gasteiger partial charge is 0.187 e. The highest BCUT2D eigenvalue weighted by atomic mass is 32.2. The van der Waals surface area contributed by atoms with Crippen LogP contribution in [0, 0.1) is 12.8 Å². The minimum atomic E-state index is -3.41. The molecule has 2 rings (SSSR count). The highest BCUT2D eigenvalue weighted by molar-refractivity contribution is 7.93. The van der Waals surface area contributed by atoms with Crippen molar-refractivity contribution in [3.8, 4) is 0 Å². The van der Waals surface area contributed by atoms with E-state index in [0.717, 1.165) is 23.1 Å². The summed E-state index contributed by atoms with van der Waals surface area (Å²) in [7, 11) is -3.41. The molecule has 2 nitrogen and oxygen atoms in total. The van der Waals surface area contributed by atoms with Crippen LogP contribution in [0.3, 0.4) is 0 Å². The lowest BCUT2D eigenvalue weighted by Crippen LogP contribution is -2.34. The Morgan fingerprint density at radius 3 is 2.30 bits per heavy atom. The largest absolute Gasteiger partial charge is 0.223 e. The molecular weight excluding hydrogens is 268 g/mol. The first-order valence-electron chi connectivity index (χ1n) is 6.86. The Morgan fingerprint density at radius 1 is 1.30 bits per heavy atom. The third-order valence-corrected chi connectivity index (χ3v) is 7.07. The molecule has 0 saturated heterocycles. The Labute approximate surface area is 122 Å². The summed E-state index contributed by atoms with van der Waals surface area (Å²) in [5.74, 6) is 0.111. The van der Waals surface area contributed by atoms with E-state index in [9.17, 15) is 8.42 Å². The highest BCUT2D eigenvalue weighted by Crippen LogP contribution is 2.48. The second-order valence-corrected chi connectivity index (χ2v) is 8.39. The van der Waals surface area contributed by atoms with Crippen molar-refractivity contribution in [3.63, 3.8) is 0 Å². The second kappa shape index (κ2) is 4.88. The number of rotatable bonds is 3. The van der Waals surface area contributed by atoms with E-state index in [-0.39, 0.29) is 5.92 Å². The molecule has 1 saturated carbocycles. The van der Waals surface area contributed by atoms with Gasteiger partial charge in [-0.3, -0.25) is 0 Å². The minimum Gasteiger partial charge on any atom is -0.223 e. The summed E-state index contributed by atoms with van der Waals surface area (Å²) in [6.45, 7) is 13.7. The van der Waals surface area contributed by atoms with E-state index in [0.29, 0.717) is 11.3 Å². The van der Waals surface area contributed by atoms with Gasteiger partial charge in [-0.25, -0.2) is 8.42 Å². The summed E-state index contributed by atoms with van der Waals surface area (Å²) >= 11 is 0. The lowest BCUT2D eigenvalue weighted by Gasteiger charge is -2.27. The van der Waals surface area contributed by atoms with Crippen molar-refractivity contribution in [2.24, 2.45) is 5.92 Å². The van der Waals surface area contributed by atoms with Crippen molar-refractivity contribution in [1.82, 2.24) is 0 Å². The van der Waals surface area contributed by atoms with Gasteiger partial charge in [0.25, 0.3) is 0 Å². The predicted octanol–water partition coefficient (Wildman–Crippen LogP) is 4.07. The molecule has 20 heavy (non-hydrogen) atoms. The molecule has 108 valence electrons. The molecule has 1 fully saturated rings. The van der Waals surface area contributed by atoms with E-state index in [2.05, 4.69) is 13.2 Å². The molecule has 0 N–H and O–H groups in total. The van der Waals surface area contributed by atoms with Gasteiger partial charge in [-0.15, -0.1) is 0 Å². The quantitative estimate of drug-likeness (QED) is 0.786. The maximum absolute atomic E-state index is 13.0. The fraction of sp³-hybridized carbons (Fsp3) is 0.412. The van der Waals surface area contributed by atoms with Gasteiger partial charge in [-0.1, -0.05) is 36.4 Å². The van der Waals surface area contributed by atoms with Gasteiger partial charge < -0.3 is 0 Å². The van der Waals surface area contributed by atoms with Gasteiger partial charge in [-0.05, 0) is 51.3 Å². The first-order valence-corrected chi connectivity index (χ1v) is 8.34. The van der Waals surface area contributed by atoms with Crippen LogP contribution in [0.4, 0.5) is 0 Å². The summed E-state index contributed by atoms with van der Waals surface area (Å²) in [5.41, 5.74) is 2.84. The van der Waals surface area contributed by atoms with E-state index < -0.39 is 14.6 Å². The third-order valence-electron chi connectivity index (χ3n) is 4.53. The van der Waals surface area contributed by atoms with E-state index in [1.54, 1.807) is 19.1 Å². The summed E-state index contributed by atoms with van der Waals surface area (Å²) in [6, 6.07) is 7.06. The van der Waals surface area contributed by atoms with Gasteiger partial charge in [0, 0.05) is 5.92 Å². The SMILES string of the molecule is C=C(C)C1CCC(C)(S(=O)(=O)c2ccc(C)cc2)C1=C. The molecule has 2 unspecified atom stereocenters. The van der Waals surface area contributed by atoms with Crippen molar-refractivity contribution in [2.45, 2.75) is 43.3 Å². The summed E-state index contributed by atoms with van der Waals surface area (Å²) in [5, 5.41) is 0. The molecule has 1 aliphatic carbocycles. The normalized spacial score (nSPS) is 26.8. The number of allylic oxidation sites excluding steroid dienone is 1. The lowest BCUT2D eigenvalue weighted by molar-refractivity contribution is 0.557. The van der Waals surface area contributed by atoms with E-state index in [1.165, 1.54) is 0 Å². The van der Waals surface area contributed by atoms with Gasteiger partial charge >= 0.3 is 0 Å². The molecular formula is C17H22O2S. The molecule has 2 atom stereocenters. The van der Waals surface area contributed by atoms with Crippen LogP contribution in [0.15, 0.2) is 53.5 Å². The molecule has 0 heterocycles. The molecule has 3 heteroatoms. The average molecular weight is 290 g/mol. The number of benzene rings is 1. The molecule has 0 spiro atoms. The first-order chi connectivity index (χ1) is 9.20. The van der Waals surface area contributed by atoms with Crippen molar-refractivity contribution in [1.29, 1.82) is 0 Å². The van der Waals surface area contributed by atoms with Crippen LogP contribution in [-0.2, 0) is 9.84 Å². The van der Waals surface area contributed by atoms with Crippen molar-refractivity contribution in [2.75, 3.05) is 0 Å². The van der Waals surface area contributed by atoms with Crippen molar-refractivity contribution >= 4 is 9.84 Å². The summed E-state index contributed by atoms with van der Waals surface area (Å²) in [6.07, 6.45) is 1.43. The van der Waals surface area contributed by atoms with Crippen LogP contribution in [-0.4, -0.2) is 13.2 Å². The zero-order valence-corrected chi connectivity index (χ0v) is 13.3. The molecule has 1 aromatic rings. The van der Waals surface area contributed by atoms with Gasteiger partial charge in [0.1, 0.15) is 0 Å². The molecule has 1 aromatic carbocycles. The second-order valence-electron chi connectivity index (χ2n) is 6.01. The maximum Gasteiger partial charge on any atom is 0.187 e.